The van der Waals surface area contributed by atoms with Gasteiger partial charge >= 0.3 is 0 Å². The van der Waals surface area contributed by atoms with Gasteiger partial charge in [-0.25, -0.2) is 0 Å². The van der Waals surface area contributed by atoms with Crippen LogP contribution in [-0.4, -0.2) is 48.0 Å². The smallest absolute Gasteiger partial charge is 0.0951 e. The normalized spacial score (nSPS) is 14.8. The van der Waals surface area contributed by atoms with E-state index in [2.05, 4.69) is 32.6 Å². The van der Waals surface area contributed by atoms with Gasteiger partial charge < -0.3 is 9.84 Å². The second kappa shape index (κ2) is 6.38. The molecule has 3 heteroatoms. The number of likely N-dealkylation sites (N-methyl/N-ethyl adjacent to an activating group) is 1. The number of rotatable bonds is 7. The molecule has 0 amide bonds. The molecule has 3 nitrogen and oxygen atoms in total. The molecule has 0 aliphatic carbocycles. The van der Waals surface area contributed by atoms with Gasteiger partial charge in [0.1, 0.15) is 0 Å². The first-order valence-electron chi connectivity index (χ1n) is 5.51. The molecule has 0 rings (SSSR count). The summed E-state index contributed by atoms with van der Waals surface area (Å²) in [7, 11) is 0. The summed E-state index contributed by atoms with van der Waals surface area (Å²) >= 11 is 0. The maximum atomic E-state index is 9.97. The SMILES string of the molecule is CCOCC(O)C(C)(C)N(CC)CC. The number of aliphatic hydroxyl groups excluding tert-OH is 1. The van der Waals surface area contributed by atoms with Gasteiger partial charge in [-0.1, -0.05) is 13.8 Å². The minimum atomic E-state index is -0.428. The largest absolute Gasteiger partial charge is 0.389 e. The second-order valence-electron chi connectivity index (χ2n) is 4.00. The van der Waals surface area contributed by atoms with E-state index in [9.17, 15) is 5.11 Å². The molecular weight excluding hydrogens is 178 g/mol. The molecular formula is C11H25NO2. The Balaban J connectivity index is 4.25. The van der Waals surface area contributed by atoms with Crippen molar-refractivity contribution in [3.05, 3.63) is 0 Å². The summed E-state index contributed by atoms with van der Waals surface area (Å²) in [5.74, 6) is 0. The van der Waals surface area contributed by atoms with Crippen molar-refractivity contribution in [2.75, 3.05) is 26.3 Å². The third-order valence-electron chi connectivity index (χ3n) is 2.87. The number of ether oxygens (including phenoxy) is 1. The van der Waals surface area contributed by atoms with Crippen LogP contribution < -0.4 is 0 Å². The van der Waals surface area contributed by atoms with E-state index in [0.717, 1.165) is 13.1 Å². The van der Waals surface area contributed by atoms with Gasteiger partial charge in [0.15, 0.2) is 0 Å². The predicted octanol–water partition coefficient (Wildman–Crippen LogP) is 1.50. The lowest BCUT2D eigenvalue weighted by Crippen LogP contribution is -2.53. The minimum absolute atomic E-state index is 0.210. The van der Waals surface area contributed by atoms with E-state index in [1.807, 2.05) is 6.92 Å². The standard InChI is InChI=1S/C11H25NO2/c1-6-12(7-2)11(4,5)10(13)9-14-8-3/h10,13H,6-9H2,1-5H3. The lowest BCUT2D eigenvalue weighted by atomic mass is 9.95. The Kier molecular flexibility index (Phi) is 6.33. The fourth-order valence-corrected chi connectivity index (χ4v) is 1.68. The first-order chi connectivity index (χ1) is 6.50. The van der Waals surface area contributed by atoms with Crippen LogP contribution in [0, 0.1) is 0 Å². The Morgan fingerprint density at radius 2 is 1.71 bits per heavy atom. The van der Waals surface area contributed by atoms with Crippen LogP contribution in [0.4, 0.5) is 0 Å². The highest BCUT2D eigenvalue weighted by molar-refractivity contribution is 4.87. The molecule has 0 aromatic heterocycles. The van der Waals surface area contributed by atoms with Crippen LogP contribution in [0.5, 0.6) is 0 Å². The fraction of sp³-hybridized carbons (Fsp3) is 1.00. The van der Waals surface area contributed by atoms with E-state index in [1.54, 1.807) is 0 Å². The van der Waals surface area contributed by atoms with E-state index in [0.29, 0.717) is 13.2 Å². The summed E-state index contributed by atoms with van der Waals surface area (Å²) in [6, 6.07) is 0. The molecule has 0 fully saturated rings. The lowest BCUT2D eigenvalue weighted by Gasteiger charge is -2.40. The summed E-state index contributed by atoms with van der Waals surface area (Å²) in [5.41, 5.74) is -0.210. The van der Waals surface area contributed by atoms with Gasteiger partial charge in [-0.15, -0.1) is 0 Å². The third-order valence-corrected chi connectivity index (χ3v) is 2.87. The molecule has 0 aliphatic heterocycles. The van der Waals surface area contributed by atoms with Crippen LogP contribution in [0.1, 0.15) is 34.6 Å². The molecule has 0 radical (unpaired) electrons. The topological polar surface area (TPSA) is 32.7 Å². The predicted molar refractivity (Wildman–Crippen MR) is 59.5 cm³/mol. The monoisotopic (exact) mass is 203 g/mol. The molecule has 0 saturated carbocycles. The van der Waals surface area contributed by atoms with Crippen molar-refractivity contribution in [2.24, 2.45) is 0 Å². The Morgan fingerprint density at radius 1 is 1.21 bits per heavy atom. The minimum Gasteiger partial charge on any atom is -0.389 e. The fourth-order valence-electron chi connectivity index (χ4n) is 1.68. The van der Waals surface area contributed by atoms with Gasteiger partial charge in [0, 0.05) is 12.1 Å². The average molecular weight is 203 g/mol. The number of hydrogen-bond acceptors (Lipinski definition) is 3. The van der Waals surface area contributed by atoms with Crippen LogP contribution in [-0.2, 0) is 4.74 Å². The van der Waals surface area contributed by atoms with E-state index >= 15 is 0 Å². The molecule has 0 saturated heterocycles. The average Bonchev–Trinajstić information content (AvgIpc) is 2.15. The number of aliphatic hydroxyl groups is 1. The van der Waals surface area contributed by atoms with Gasteiger partial charge in [-0.3, -0.25) is 4.90 Å². The zero-order chi connectivity index (χ0) is 11.2. The number of hydrogen-bond donors (Lipinski definition) is 1. The van der Waals surface area contributed by atoms with Gasteiger partial charge in [0.25, 0.3) is 0 Å². The first-order valence-corrected chi connectivity index (χ1v) is 5.51. The highest BCUT2D eigenvalue weighted by Crippen LogP contribution is 2.18. The van der Waals surface area contributed by atoms with Crippen LogP contribution >= 0.6 is 0 Å². The lowest BCUT2D eigenvalue weighted by molar-refractivity contribution is -0.0521. The molecule has 0 spiro atoms. The molecule has 1 unspecified atom stereocenters. The highest BCUT2D eigenvalue weighted by atomic mass is 16.5. The van der Waals surface area contributed by atoms with Gasteiger partial charge in [-0.05, 0) is 33.9 Å². The van der Waals surface area contributed by atoms with Gasteiger partial charge in [-0.2, -0.15) is 0 Å². The molecule has 0 heterocycles. The number of nitrogens with zero attached hydrogens (tertiary/aromatic N) is 1. The summed E-state index contributed by atoms with van der Waals surface area (Å²) in [5, 5.41) is 9.97. The Morgan fingerprint density at radius 3 is 2.07 bits per heavy atom. The van der Waals surface area contributed by atoms with Crippen LogP contribution in [0.25, 0.3) is 0 Å². The van der Waals surface area contributed by atoms with E-state index < -0.39 is 6.10 Å². The van der Waals surface area contributed by atoms with Crippen molar-refractivity contribution in [3.8, 4) is 0 Å². The van der Waals surface area contributed by atoms with Crippen LogP contribution in [0.3, 0.4) is 0 Å². The first kappa shape index (κ1) is 13.9. The third kappa shape index (κ3) is 3.56. The Labute approximate surface area is 88.1 Å². The maximum absolute atomic E-state index is 9.97. The Bertz CT molecular complexity index is 144. The Hall–Kier alpha value is -0.120. The highest BCUT2D eigenvalue weighted by Gasteiger charge is 2.32. The van der Waals surface area contributed by atoms with Gasteiger partial charge in [0.2, 0.25) is 0 Å². The molecule has 0 bridgehead atoms. The molecule has 0 aliphatic rings. The molecule has 0 aromatic carbocycles. The van der Waals surface area contributed by atoms with Crippen LogP contribution in [0.2, 0.25) is 0 Å². The van der Waals surface area contributed by atoms with E-state index in [1.165, 1.54) is 0 Å². The summed E-state index contributed by atoms with van der Waals surface area (Å²) in [4.78, 5) is 2.25. The second-order valence-corrected chi connectivity index (χ2v) is 4.00. The van der Waals surface area contributed by atoms with Gasteiger partial charge in [0.05, 0.1) is 12.7 Å². The van der Waals surface area contributed by atoms with Crippen molar-refractivity contribution in [2.45, 2.75) is 46.3 Å². The summed E-state index contributed by atoms with van der Waals surface area (Å²) in [6.07, 6.45) is -0.428. The quantitative estimate of drug-likeness (QED) is 0.680. The van der Waals surface area contributed by atoms with Crippen molar-refractivity contribution in [1.82, 2.24) is 4.90 Å². The summed E-state index contributed by atoms with van der Waals surface area (Å²) < 4.78 is 5.24. The molecule has 1 atom stereocenters. The molecule has 86 valence electrons. The molecule has 1 N–H and O–H groups in total. The summed E-state index contributed by atoms with van der Waals surface area (Å²) in [6.45, 7) is 13.3. The van der Waals surface area contributed by atoms with Crippen molar-refractivity contribution in [1.29, 1.82) is 0 Å². The van der Waals surface area contributed by atoms with Crippen molar-refractivity contribution >= 4 is 0 Å². The molecule has 0 aromatic rings. The van der Waals surface area contributed by atoms with Crippen molar-refractivity contribution < 1.29 is 9.84 Å². The van der Waals surface area contributed by atoms with E-state index in [4.69, 9.17) is 4.74 Å². The zero-order valence-corrected chi connectivity index (χ0v) is 10.2. The van der Waals surface area contributed by atoms with Crippen molar-refractivity contribution in [3.63, 3.8) is 0 Å². The van der Waals surface area contributed by atoms with E-state index in [-0.39, 0.29) is 5.54 Å². The maximum Gasteiger partial charge on any atom is 0.0951 e. The van der Waals surface area contributed by atoms with Crippen LogP contribution in [0.15, 0.2) is 0 Å². The molecule has 14 heavy (non-hydrogen) atoms. The zero-order valence-electron chi connectivity index (χ0n) is 10.2.